The number of amides is 1. The normalized spacial score (nSPS) is 8.95. The summed E-state index contributed by atoms with van der Waals surface area (Å²) in [6, 6.07) is 5.11. The highest BCUT2D eigenvalue weighted by atomic mass is 35.5. The molecule has 8 heteroatoms. The number of hydrogen-bond donors (Lipinski definition) is 0. The molecule has 0 unspecified atom stereocenters. The van der Waals surface area contributed by atoms with Crippen LogP contribution in [-0.2, 0) is 0 Å². The third kappa shape index (κ3) is 7.10. The largest absolute Gasteiger partial charge is 0.497 e. The van der Waals surface area contributed by atoms with Crippen molar-refractivity contribution in [1.29, 1.82) is 0 Å². The number of anilines is 1. The molecule has 0 atom stereocenters. The van der Waals surface area contributed by atoms with Gasteiger partial charge in [0, 0.05) is 25.2 Å². The summed E-state index contributed by atoms with van der Waals surface area (Å²) in [5.41, 5.74) is 0.617. The SMILES string of the molecule is COc1cc(OC)cc(N(C)C(=O)Cl)c1.O=C(Cl)Cl. The van der Waals surface area contributed by atoms with Gasteiger partial charge in [0.25, 0.3) is 0 Å². The minimum atomic E-state index is -0.889. The summed E-state index contributed by atoms with van der Waals surface area (Å²) in [4.78, 5) is 21.2. The summed E-state index contributed by atoms with van der Waals surface area (Å²) in [6.45, 7) is 0. The molecule has 0 fully saturated rings. The summed E-state index contributed by atoms with van der Waals surface area (Å²) in [5, 5.41) is -0.565. The van der Waals surface area contributed by atoms with Crippen LogP contribution < -0.4 is 14.4 Å². The van der Waals surface area contributed by atoms with Crippen molar-refractivity contribution in [1.82, 2.24) is 0 Å². The average Bonchev–Trinajstić information content (AvgIpc) is 2.36. The molecule has 0 heterocycles. The first-order chi connectivity index (χ1) is 8.81. The number of carbonyl (C=O) groups is 2. The highest BCUT2D eigenvalue weighted by Crippen LogP contribution is 2.28. The molecular formula is C11H12Cl3NO4. The molecule has 0 spiro atoms. The van der Waals surface area contributed by atoms with Gasteiger partial charge in [0.2, 0.25) is 0 Å². The Labute approximate surface area is 125 Å². The van der Waals surface area contributed by atoms with Crippen molar-refractivity contribution in [2.75, 3.05) is 26.2 Å². The molecule has 0 aliphatic carbocycles. The number of benzene rings is 1. The van der Waals surface area contributed by atoms with Crippen LogP contribution in [0.2, 0.25) is 0 Å². The first kappa shape index (κ1) is 17.8. The van der Waals surface area contributed by atoms with Gasteiger partial charge in [0.15, 0.2) is 0 Å². The lowest BCUT2D eigenvalue weighted by atomic mass is 10.2. The van der Waals surface area contributed by atoms with Crippen LogP contribution >= 0.6 is 34.8 Å². The number of rotatable bonds is 3. The highest BCUT2D eigenvalue weighted by molar-refractivity contribution is 6.93. The second kappa shape index (κ2) is 8.85. The molecule has 1 rings (SSSR count). The molecule has 0 aliphatic heterocycles. The molecule has 0 saturated carbocycles. The summed E-state index contributed by atoms with van der Waals surface area (Å²) < 4.78 is 9.24. The van der Waals surface area contributed by atoms with E-state index in [1.165, 1.54) is 4.90 Å². The maximum atomic E-state index is 11.0. The van der Waals surface area contributed by atoms with Crippen LogP contribution in [0, 0.1) is 0 Å². The van der Waals surface area contributed by atoms with Crippen LogP contribution in [0.3, 0.4) is 0 Å². The topological polar surface area (TPSA) is 55.8 Å². The van der Waals surface area contributed by atoms with Gasteiger partial charge in [0.1, 0.15) is 11.5 Å². The van der Waals surface area contributed by atoms with Crippen LogP contribution in [0.4, 0.5) is 15.3 Å². The molecular weight excluding hydrogens is 316 g/mol. The zero-order valence-corrected chi connectivity index (χ0v) is 12.7. The Morgan fingerprint density at radius 2 is 1.37 bits per heavy atom. The standard InChI is InChI=1S/C10H12ClNO3.CCl2O/c1-12(10(11)13)7-4-8(14-2)6-9(5-7)15-3;2-1(3)4/h4-6H,1-3H3;. The van der Waals surface area contributed by atoms with Crippen molar-refractivity contribution in [3.05, 3.63) is 18.2 Å². The van der Waals surface area contributed by atoms with E-state index in [-0.39, 0.29) is 0 Å². The first-order valence-electron chi connectivity index (χ1n) is 4.83. The van der Waals surface area contributed by atoms with Gasteiger partial charge in [-0.15, -0.1) is 0 Å². The second-order valence-corrected chi connectivity index (χ2v) is 4.31. The molecule has 106 valence electrons. The summed E-state index contributed by atoms with van der Waals surface area (Å²) in [5.74, 6) is 1.21. The van der Waals surface area contributed by atoms with Gasteiger partial charge in [0.05, 0.1) is 19.9 Å². The van der Waals surface area contributed by atoms with Gasteiger partial charge in [-0.1, -0.05) is 0 Å². The first-order valence-corrected chi connectivity index (χ1v) is 5.96. The molecule has 1 aromatic rings. The number of hydrogen-bond acceptors (Lipinski definition) is 4. The lowest BCUT2D eigenvalue weighted by Crippen LogP contribution is -2.19. The zero-order valence-electron chi connectivity index (χ0n) is 10.4. The number of carbonyl (C=O) groups excluding carboxylic acids is 2. The fourth-order valence-corrected chi connectivity index (χ4v) is 1.19. The molecule has 1 amide bonds. The maximum Gasteiger partial charge on any atom is 0.320 e. The molecule has 0 aliphatic rings. The number of nitrogens with zero attached hydrogens (tertiary/aromatic N) is 1. The van der Waals surface area contributed by atoms with Crippen molar-refractivity contribution >= 4 is 50.6 Å². The Morgan fingerprint density at radius 1 is 1.00 bits per heavy atom. The lowest BCUT2D eigenvalue weighted by molar-refractivity contribution is 0.265. The van der Waals surface area contributed by atoms with Gasteiger partial charge in [-0.2, -0.15) is 0 Å². The van der Waals surface area contributed by atoms with E-state index in [1.54, 1.807) is 39.5 Å². The molecule has 0 aromatic heterocycles. The Hall–Kier alpha value is -1.17. The van der Waals surface area contributed by atoms with E-state index in [0.29, 0.717) is 17.2 Å². The molecule has 5 nitrogen and oxygen atoms in total. The van der Waals surface area contributed by atoms with Gasteiger partial charge in [-0.25, -0.2) is 0 Å². The fourth-order valence-electron chi connectivity index (χ4n) is 1.09. The van der Waals surface area contributed by atoms with Crippen LogP contribution in [-0.4, -0.2) is 31.3 Å². The minimum Gasteiger partial charge on any atom is -0.497 e. The van der Waals surface area contributed by atoms with Crippen molar-refractivity contribution in [2.45, 2.75) is 0 Å². The van der Waals surface area contributed by atoms with Gasteiger partial charge < -0.3 is 14.4 Å². The molecule has 19 heavy (non-hydrogen) atoms. The number of ether oxygens (including phenoxy) is 2. The van der Waals surface area contributed by atoms with E-state index < -0.39 is 10.1 Å². The predicted molar refractivity (Wildman–Crippen MR) is 76.3 cm³/mol. The van der Waals surface area contributed by atoms with Gasteiger partial charge in [-0.05, 0) is 34.8 Å². The van der Waals surface area contributed by atoms with E-state index in [0.717, 1.165) is 0 Å². The number of halogens is 3. The molecule has 1 aromatic carbocycles. The summed E-state index contributed by atoms with van der Waals surface area (Å²) in [6.07, 6.45) is 0. The summed E-state index contributed by atoms with van der Waals surface area (Å²) >= 11 is 14.2. The van der Waals surface area contributed by atoms with Crippen LogP contribution in [0.25, 0.3) is 0 Å². The zero-order chi connectivity index (χ0) is 15.0. The smallest absolute Gasteiger partial charge is 0.320 e. The summed E-state index contributed by atoms with van der Waals surface area (Å²) in [7, 11) is 4.66. The molecule has 0 saturated heterocycles. The van der Waals surface area contributed by atoms with Crippen molar-refractivity contribution in [2.24, 2.45) is 0 Å². The monoisotopic (exact) mass is 327 g/mol. The van der Waals surface area contributed by atoms with Crippen LogP contribution in [0.5, 0.6) is 11.5 Å². The number of methoxy groups -OCH3 is 2. The molecule has 0 N–H and O–H groups in total. The Balaban J connectivity index is 0.000000711. The Bertz CT molecular complexity index is 427. The fraction of sp³-hybridized carbons (Fsp3) is 0.273. The van der Waals surface area contributed by atoms with Gasteiger partial charge in [-0.3, -0.25) is 9.59 Å². The van der Waals surface area contributed by atoms with Crippen LogP contribution in [0.1, 0.15) is 0 Å². The van der Waals surface area contributed by atoms with E-state index >= 15 is 0 Å². The third-order valence-corrected chi connectivity index (χ3v) is 2.24. The van der Waals surface area contributed by atoms with Crippen molar-refractivity contribution < 1.29 is 19.1 Å². The molecule has 0 bridgehead atoms. The van der Waals surface area contributed by atoms with Gasteiger partial charge >= 0.3 is 10.1 Å². The third-order valence-electron chi connectivity index (χ3n) is 1.99. The predicted octanol–water partition coefficient (Wildman–Crippen LogP) is 4.08. The van der Waals surface area contributed by atoms with Crippen LogP contribution in [0.15, 0.2) is 18.2 Å². The minimum absolute atomic E-state index is 0.565. The lowest BCUT2D eigenvalue weighted by Gasteiger charge is -2.15. The second-order valence-electron chi connectivity index (χ2n) is 3.11. The Morgan fingerprint density at radius 3 is 1.63 bits per heavy atom. The average molecular weight is 329 g/mol. The van der Waals surface area contributed by atoms with Crippen molar-refractivity contribution in [3.8, 4) is 11.5 Å². The quantitative estimate of drug-likeness (QED) is 0.619. The Kier molecular flexibility index (Phi) is 8.30. The molecule has 0 radical (unpaired) electrons. The van der Waals surface area contributed by atoms with E-state index in [4.69, 9.17) is 25.9 Å². The van der Waals surface area contributed by atoms with E-state index in [2.05, 4.69) is 23.2 Å². The highest BCUT2D eigenvalue weighted by Gasteiger charge is 2.10. The van der Waals surface area contributed by atoms with Crippen molar-refractivity contribution in [3.63, 3.8) is 0 Å². The maximum absolute atomic E-state index is 11.0. The van der Waals surface area contributed by atoms with E-state index in [1.807, 2.05) is 0 Å². The van der Waals surface area contributed by atoms with E-state index in [9.17, 15) is 4.79 Å².